The van der Waals surface area contributed by atoms with Crippen molar-refractivity contribution in [2.45, 2.75) is 19.1 Å². The number of hydrogen-bond acceptors (Lipinski definition) is 5. The average Bonchev–Trinajstić information content (AvgIpc) is 3.16. The Morgan fingerprint density at radius 1 is 1.32 bits per heavy atom. The van der Waals surface area contributed by atoms with Crippen LogP contribution in [0.1, 0.15) is 23.1 Å². The second-order valence-electron chi connectivity index (χ2n) is 6.53. The van der Waals surface area contributed by atoms with Crippen LogP contribution in [0.25, 0.3) is 11.4 Å². The van der Waals surface area contributed by atoms with E-state index in [1.165, 1.54) is 23.1 Å². The summed E-state index contributed by atoms with van der Waals surface area (Å²) >= 11 is 0. The zero-order valence-corrected chi connectivity index (χ0v) is 15.2. The number of ether oxygens (including phenoxy) is 1. The van der Waals surface area contributed by atoms with Crippen molar-refractivity contribution >= 4 is 5.91 Å². The molecule has 3 aromatic rings. The summed E-state index contributed by atoms with van der Waals surface area (Å²) in [6, 6.07) is 9.34. The number of amides is 1. The number of fused-ring (bicyclic) bond motifs is 1. The van der Waals surface area contributed by atoms with E-state index >= 15 is 0 Å². The van der Waals surface area contributed by atoms with Crippen LogP contribution < -0.4 is 4.74 Å². The summed E-state index contributed by atoms with van der Waals surface area (Å²) in [4.78, 5) is 26.2. The highest BCUT2D eigenvalue weighted by Crippen LogP contribution is 2.26. The van der Waals surface area contributed by atoms with Gasteiger partial charge in [0.1, 0.15) is 11.6 Å². The maximum atomic E-state index is 13.9. The van der Waals surface area contributed by atoms with Crippen LogP contribution in [0.4, 0.5) is 4.39 Å². The molecule has 0 saturated carbocycles. The SMILES string of the molecule is COc1ccc(-c2nc3c([nH]2)CN(C(=O)[C@@H](O)c2ccccc2F)CC3)cn1. The summed E-state index contributed by atoms with van der Waals surface area (Å²) in [6.45, 7) is 0.679. The van der Waals surface area contributed by atoms with E-state index in [-0.39, 0.29) is 12.1 Å². The highest BCUT2D eigenvalue weighted by molar-refractivity contribution is 5.82. The molecule has 0 radical (unpaired) electrons. The maximum absolute atomic E-state index is 13.9. The third kappa shape index (κ3) is 3.34. The molecule has 0 saturated heterocycles. The number of halogens is 1. The number of pyridine rings is 1. The number of imidazole rings is 1. The van der Waals surface area contributed by atoms with Gasteiger partial charge in [0.15, 0.2) is 6.10 Å². The van der Waals surface area contributed by atoms with Gasteiger partial charge in [-0.3, -0.25) is 4.79 Å². The van der Waals surface area contributed by atoms with Gasteiger partial charge in [-0.15, -0.1) is 0 Å². The fraction of sp³-hybridized carbons (Fsp3) is 0.250. The average molecular weight is 382 g/mol. The Morgan fingerprint density at radius 3 is 2.86 bits per heavy atom. The number of rotatable bonds is 4. The molecule has 28 heavy (non-hydrogen) atoms. The lowest BCUT2D eigenvalue weighted by Crippen LogP contribution is -2.39. The molecule has 144 valence electrons. The van der Waals surface area contributed by atoms with Crippen molar-refractivity contribution in [2.24, 2.45) is 0 Å². The number of aromatic amines is 1. The molecule has 4 rings (SSSR count). The summed E-state index contributed by atoms with van der Waals surface area (Å²) in [5.41, 5.74) is 2.45. The van der Waals surface area contributed by atoms with E-state index < -0.39 is 17.8 Å². The number of aliphatic hydroxyl groups is 1. The van der Waals surface area contributed by atoms with Crippen molar-refractivity contribution in [3.05, 3.63) is 65.4 Å². The van der Waals surface area contributed by atoms with Gasteiger partial charge in [-0.2, -0.15) is 0 Å². The normalized spacial score (nSPS) is 14.5. The minimum Gasteiger partial charge on any atom is -0.481 e. The third-order valence-corrected chi connectivity index (χ3v) is 4.80. The monoisotopic (exact) mass is 382 g/mol. The van der Waals surface area contributed by atoms with Crippen LogP contribution in [0.3, 0.4) is 0 Å². The highest BCUT2D eigenvalue weighted by Gasteiger charge is 2.30. The van der Waals surface area contributed by atoms with Crippen molar-refractivity contribution in [1.29, 1.82) is 0 Å². The molecule has 0 spiro atoms. The number of carbonyl (C=O) groups is 1. The first-order valence-electron chi connectivity index (χ1n) is 8.86. The molecule has 1 aromatic carbocycles. The quantitative estimate of drug-likeness (QED) is 0.722. The van der Waals surface area contributed by atoms with Crippen molar-refractivity contribution < 1.29 is 19.0 Å². The van der Waals surface area contributed by atoms with Gasteiger partial charge >= 0.3 is 0 Å². The van der Waals surface area contributed by atoms with E-state index in [9.17, 15) is 14.3 Å². The van der Waals surface area contributed by atoms with Gasteiger partial charge in [0.05, 0.1) is 25.0 Å². The van der Waals surface area contributed by atoms with E-state index in [0.717, 1.165) is 17.0 Å². The molecule has 0 fully saturated rings. The van der Waals surface area contributed by atoms with Crippen LogP contribution in [-0.4, -0.2) is 44.5 Å². The van der Waals surface area contributed by atoms with Crippen LogP contribution in [0, 0.1) is 5.82 Å². The Labute approximate surface area is 160 Å². The molecule has 2 N–H and O–H groups in total. The molecule has 0 unspecified atom stereocenters. The summed E-state index contributed by atoms with van der Waals surface area (Å²) in [5.74, 6) is 0.0398. The van der Waals surface area contributed by atoms with Crippen LogP contribution >= 0.6 is 0 Å². The van der Waals surface area contributed by atoms with E-state index in [1.54, 1.807) is 25.4 Å². The number of H-pyrrole nitrogens is 1. The van der Waals surface area contributed by atoms with Crippen LogP contribution in [0.2, 0.25) is 0 Å². The van der Waals surface area contributed by atoms with Crippen LogP contribution in [0.5, 0.6) is 5.88 Å². The maximum Gasteiger partial charge on any atom is 0.256 e. The molecule has 2 aromatic heterocycles. The fourth-order valence-electron chi connectivity index (χ4n) is 3.26. The zero-order chi connectivity index (χ0) is 19.7. The van der Waals surface area contributed by atoms with E-state index in [2.05, 4.69) is 15.0 Å². The van der Waals surface area contributed by atoms with Gasteiger partial charge in [0, 0.05) is 36.4 Å². The Hall–Kier alpha value is -3.26. The molecular weight excluding hydrogens is 363 g/mol. The number of aliphatic hydroxyl groups excluding tert-OH is 1. The number of nitrogens with one attached hydrogen (secondary N) is 1. The minimum absolute atomic E-state index is 0.0205. The number of aromatic nitrogens is 3. The summed E-state index contributed by atoms with van der Waals surface area (Å²) < 4.78 is 18.9. The number of methoxy groups -OCH3 is 1. The van der Waals surface area contributed by atoms with Gasteiger partial charge in [-0.25, -0.2) is 14.4 Å². The third-order valence-electron chi connectivity index (χ3n) is 4.80. The summed E-state index contributed by atoms with van der Waals surface area (Å²) in [5, 5.41) is 10.3. The summed E-state index contributed by atoms with van der Waals surface area (Å²) in [6.07, 6.45) is 0.676. The topological polar surface area (TPSA) is 91.3 Å². The van der Waals surface area contributed by atoms with Gasteiger partial charge in [0.25, 0.3) is 5.91 Å². The standard InChI is InChI=1S/C20H19FN4O3/c1-28-17-7-6-12(10-22-17)19-23-15-8-9-25(11-16(15)24-19)20(27)18(26)13-4-2-3-5-14(13)21/h2-7,10,18,26H,8-9,11H2,1H3,(H,23,24)/t18-/m0/s1. The van der Waals surface area contributed by atoms with E-state index in [0.29, 0.717) is 24.7 Å². The Bertz CT molecular complexity index is 1000. The molecule has 0 aliphatic carbocycles. The molecule has 1 aliphatic rings. The van der Waals surface area contributed by atoms with Crippen LogP contribution in [-0.2, 0) is 17.8 Å². The smallest absolute Gasteiger partial charge is 0.256 e. The second-order valence-corrected chi connectivity index (χ2v) is 6.53. The highest BCUT2D eigenvalue weighted by atomic mass is 19.1. The van der Waals surface area contributed by atoms with Crippen molar-refractivity contribution in [3.8, 4) is 17.3 Å². The zero-order valence-electron chi connectivity index (χ0n) is 15.2. The summed E-state index contributed by atoms with van der Waals surface area (Å²) in [7, 11) is 1.55. The van der Waals surface area contributed by atoms with Crippen molar-refractivity contribution in [1.82, 2.24) is 19.9 Å². The lowest BCUT2D eigenvalue weighted by Gasteiger charge is -2.28. The Morgan fingerprint density at radius 2 is 2.14 bits per heavy atom. The molecule has 1 atom stereocenters. The minimum atomic E-state index is -1.53. The lowest BCUT2D eigenvalue weighted by atomic mass is 10.1. The number of benzene rings is 1. The number of carbonyl (C=O) groups excluding carboxylic acids is 1. The van der Waals surface area contributed by atoms with Crippen LogP contribution in [0.15, 0.2) is 42.6 Å². The fourth-order valence-corrected chi connectivity index (χ4v) is 3.26. The predicted molar refractivity (Wildman–Crippen MR) is 98.9 cm³/mol. The van der Waals surface area contributed by atoms with Gasteiger partial charge in [-0.1, -0.05) is 18.2 Å². The molecule has 3 heterocycles. The van der Waals surface area contributed by atoms with Gasteiger partial charge < -0.3 is 19.7 Å². The second kappa shape index (κ2) is 7.40. The van der Waals surface area contributed by atoms with E-state index in [4.69, 9.17) is 4.74 Å². The van der Waals surface area contributed by atoms with Gasteiger partial charge in [0.2, 0.25) is 5.88 Å². The molecule has 1 amide bonds. The molecule has 0 bridgehead atoms. The van der Waals surface area contributed by atoms with Gasteiger partial charge in [-0.05, 0) is 12.1 Å². The predicted octanol–water partition coefficient (Wildman–Crippen LogP) is 2.24. The first-order valence-corrected chi connectivity index (χ1v) is 8.86. The largest absolute Gasteiger partial charge is 0.481 e. The van der Waals surface area contributed by atoms with E-state index in [1.807, 2.05) is 6.07 Å². The Balaban J connectivity index is 1.52. The first kappa shape index (κ1) is 18.1. The number of hydrogen-bond donors (Lipinski definition) is 2. The molecule has 8 heteroatoms. The number of nitrogens with zero attached hydrogens (tertiary/aromatic N) is 3. The molecule has 7 nitrogen and oxygen atoms in total. The molecule has 1 aliphatic heterocycles. The van der Waals surface area contributed by atoms with Crippen molar-refractivity contribution in [2.75, 3.05) is 13.7 Å². The Kier molecular flexibility index (Phi) is 4.79. The van der Waals surface area contributed by atoms with Crippen molar-refractivity contribution in [3.63, 3.8) is 0 Å². The first-order chi connectivity index (χ1) is 13.6. The lowest BCUT2D eigenvalue weighted by molar-refractivity contribution is -0.141. The molecular formula is C20H19FN4O3.